The second-order valence-corrected chi connectivity index (χ2v) is 7.46. The van der Waals surface area contributed by atoms with Crippen molar-refractivity contribution in [3.63, 3.8) is 0 Å². The number of rotatable bonds is 8. The van der Waals surface area contributed by atoms with Gasteiger partial charge in [0, 0.05) is 29.7 Å². The van der Waals surface area contributed by atoms with Crippen LogP contribution in [0, 0.1) is 12.8 Å². The SMILES string of the molecule is CCc1cccc(C)c1Nc1cc(-c2ccncc2)nc(N[C@H](CO)C(C)C)n1. The number of benzene rings is 1. The fourth-order valence-corrected chi connectivity index (χ4v) is 3.17. The van der Waals surface area contributed by atoms with E-state index in [0.717, 1.165) is 23.4 Å². The van der Waals surface area contributed by atoms with Gasteiger partial charge in [0.1, 0.15) is 5.82 Å². The highest BCUT2D eigenvalue weighted by Gasteiger charge is 2.16. The number of nitrogens with zero attached hydrogens (tertiary/aromatic N) is 3. The maximum atomic E-state index is 9.71. The van der Waals surface area contributed by atoms with Crippen LogP contribution in [0.3, 0.4) is 0 Å². The summed E-state index contributed by atoms with van der Waals surface area (Å²) in [4.78, 5) is 13.5. The van der Waals surface area contributed by atoms with E-state index in [2.05, 4.69) is 71.5 Å². The van der Waals surface area contributed by atoms with Gasteiger partial charge in [-0.3, -0.25) is 4.98 Å². The van der Waals surface area contributed by atoms with Gasteiger partial charge in [-0.1, -0.05) is 39.0 Å². The lowest BCUT2D eigenvalue weighted by Gasteiger charge is -2.21. The van der Waals surface area contributed by atoms with E-state index in [-0.39, 0.29) is 18.6 Å². The summed E-state index contributed by atoms with van der Waals surface area (Å²) >= 11 is 0. The van der Waals surface area contributed by atoms with Crippen LogP contribution in [0.4, 0.5) is 17.5 Å². The lowest BCUT2D eigenvalue weighted by atomic mass is 10.1. The number of aliphatic hydroxyl groups is 1. The molecular weight excluding hydrogens is 362 g/mol. The molecule has 0 radical (unpaired) electrons. The van der Waals surface area contributed by atoms with E-state index >= 15 is 0 Å². The molecule has 6 heteroatoms. The van der Waals surface area contributed by atoms with E-state index in [9.17, 15) is 5.11 Å². The van der Waals surface area contributed by atoms with E-state index < -0.39 is 0 Å². The predicted molar refractivity (Wildman–Crippen MR) is 118 cm³/mol. The maximum absolute atomic E-state index is 9.71. The van der Waals surface area contributed by atoms with E-state index in [1.54, 1.807) is 12.4 Å². The van der Waals surface area contributed by atoms with E-state index in [4.69, 9.17) is 0 Å². The number of anilines is 3. The van der Waals surface area contributed by atoms with Crippen LogP contribution < -0.4 is 10.6 Å². The Balaban J connectivity index is 2.03. The normalized spacial score (nSPS) is 12.1. The third-order valence-electron chi connectivity index (χ3n) is 5.01. The summed E-state index contributed by atoms with van der Waals surface area (Å²) in [5.41, 5.74) is 5.22. The molecule has 1 aromatic carbocycles. The van der Waals surface area contributed by atoms with Gasteiger partial charge in [0.15, 0.2) is 0 Å². The highest BCUT2D eigenvalue weighted by molar-refractivity contribution is 5.70. The minimum Gasteiger partial charge on any atom is -0.394 e. The third kappa shape index (κ3) is 5.09. The molecule has 0 aliphatic heterocycles. The molecule has 2 aromatic heterocycles. The summed E-state index contributed by atoms with van der Waals surface area (Å²) in [5.74, 6) is 1.44. The van der Waals surface area contributed by atoms with Gasteiger partial charge >= 0.3 is 0 Å². The summed E-state index contributed by atoms with van der Waals surface area (Å²) in [6.45, 7) is 8.36. The first-order valence-corrected chi connectivity index (χ1v) is 10.0. The molecule has 3 rings (SSSR count). The van der Waals surface area contributed by atoms with Crippen molar-refractivity contribution in [1.29, 1.82) is 0 Å². The second-order valence-electron chi connectivity index (χ2n) is 7.46. The summed E-state index contributed by atoms with van der Waals surface area (Å²) < 4.78 is 0. The van der Waals surface area contributed by atoms with Gasteiger partial charge in [0.2, 0.25) is 5.95 Å². The Morgan fingerprint density at radius 3 is 2.48 bits per heavy atom. The molecule has 3 aromatic rings. The highest BCUT2D eigenvalue weighted by atomic mass is 16.3. The zero-order valence-corrected chi connectivity index (χ0v) is 17.5. The van der Waals surface area contributed by atoms with Gasteiger partial charge < -0.3 is 15.7 Å². The second kappa shape index (κ2) is 9.47. The van der Waals surface area contributed by atoms with E-state index in [1.807, 2.05) is 18.2 Å². The van der Waals surface area contributed by atoms with Gasteiger partial charge in [0.25, 0.3) is 0 Å². The van der Waals surface area contributed by atoms with Crippen molar-refractivity contribution in [2.75, 3.05) is 17.2 Å². The number of pyridine rings is 1. The number of hydrogen-bond donors (Lipinski definition) is 3. The molecule has 0 saturated carbocycles. The smallest absolute Gasteiger partial charge is 0.225 e. The van der Waals surface area contributed by atoms with Crippen molar-refractivity contribution >= 4 is 17.5 Å². The lowest BCUT2D eigenvalue weighted by Crippen LogP contribution is -2.30. The average molecular weight is 392 g/mol. The first-order valence-electron chi connectivity index (χ1n) is 10.0. The molecule has 0 fully saturated rings. The standard InChI is InChI=1S/C23H29N5O/c1-5-17-8-6-7-16(4)22(17)27-21-13-19(18-9-11-24-12-10-18)25-23(28-21)26-20(14-29)15(2)3/h6-13,15,20,29H,5,14H2,1-4H3,(H2,25,26,27,28)/t20-/m1/s1. The van der Waals surface area contributed by atoms with Crippen molar-refractivity contribution in [3.8, 4) is 11.3 Å². The summed E-state index contributed by atoms with van der Waals surface area (Å²) in [5, 5.41) is 16.5. The lowest BCUT2D eigenvalue weighted by molar-refractivity contribution is 0.248. The number of nitrogens with one attached hydrogen (secondary N) is 2. The topological polar surface area (TPSA) is 83.0 Å². The molecule has 0 aliphatic rings. The molecule has 0 saturated heterocycles. The van der Waals surface area contributed by atoms with Crippen LogP contribution in [0.25, 0.3) is 11.3 Å². The average Bonchev–Trinajstić information content (AvgIpc) is 2.73. The molecule has 29 heavy (non-hydrogen) atoms. The molecule has 0 unspecified atom stereocenters. The molecule has 0 amide bonds. The summed E-state index contributed by atoms with van der Waals surface area (Å²) in [6.07, 6.45) is 4.43. The Kier molecular flexibility index (Phi) is 6.77. The largest absolute Gasteiger partial charge is 0.394 e. The zero-order chi connectivity index (χ0) is 20.8. The first-order chi connectivity index (χ1) is 14.0. The van der Waals surface area contributed by atoms with E-state index in [1.165, 1.54) is 11.1 Å². The molecule has 0 bridgehead atoms. The fraction of sp³-hybridized carbons (Fsp3) is 0.348. The number of hydrogen-bond acceptors (Lipinski definition) is 6. The van der Waals surface area contributed by atoms with Crippen LogP contribution in [0.15, 0.2) is 48.8 Å². The maximum Gasteiger partial charge on any atom is 0.225 e. The van der Waals surface area contributed by atoms with Crippen LogP contribution in [-0.2, 0) is 6.42 Å². The fourth-order valence-electron chi connectivity index (χ4n) is 3.17. The van der Waals surface area contributed by atoms with Crippen LogP contribution in [0.1, 0.15) is 31.9 Å². The number of aliphatic hydroxyl groups excluding tert-OH is 1. The van der Waals surface area contributed by atoms with Crippen molar-refractivity contribution in [3.05, 3.63) is 59.9 Å². The molecule has 0 aliphatic carbocycles. The Morgan fingerprint density at radius 1 is 1.07 bits per heavy atom. The minimum absolute atomic E-state index is 0.0149. The zero-order valence-electron chi connectivity index (χ0n) is 17.5. The van der Waals surface area contributed by atoms with E-state index in [0.29, 0.717) is 11.8 Å². The van der Waals surface area contributed by atoms with Gasteiger partial charge in [0.05, 0.1) is 18.3 Å². The molecule has 1 atom stereocenters. The van der Waals surface area contributed by atoms with Crippen LogP contribution in [0.2, 0.25) is 0 Å². The third-order valence-corrected chi connectivity index (χ3v) is 5.01. The Morgan fingerprint density at radius 2 is 1.83 bits per heavy atom. The first kappa shape index (κ1) is 20.7. The monoisotopic (exact) mass is 391 g/mol. The van der Waals surface area contributed by atoms with Gasteiger partial charge in [-0.15, -0.1) is 0 Å². The minimum atomic E-state index is -0.125. The Bertz CT molecular complexity index is 943. The molecule has 0 spiro atoms. The van der Waals surface area contributed by atoms with Crippen molar-refractivity contribution in [2.45, 2.75) is 40.2 Å². The Labute approximate surface area is 172 Å². The molecule has 6 nitrogen and oxygen atoms in total. The van der Waals surface area contributed by atoms with Crippen molar-refractivity contribution < 1.29 is 5.11 Å². The quantitative estimate of drug-likeness (QED) is 0.521. The van der Waals surface area contributed by atoms with Gasteiger partial charge in [-0.2, -0.15) is 4.98 Å². The van der Waals surface area contributed by atoms with Crippen molar-refractivity contribution in [1.82, 2.24) is 15.0 Å². The summed E-state index contributed by atoms with van der Waals surface area (Å²) in [6, 6.07) is 11.9. The number of aryl methyl sites for hydroxylation is 2. The van der Waals surface area contributed by atoms with Crippen LogP contribution in [0.5, 0.6) is 0 Å². The van der Waals surface area contributed by atoms with Crippen LogP contribution >= 0.6 is 0 Å². The van der Waals surface area contributed by atoms with Crippen molar-refractivity contribution in [2.24, 2.45) is 5.92 Å². The Hall–Kier alpha value is -2.99. The summed E-state index contributed by atoms with van der Waals surface area (Å²) in [7, 11) is 0. The molecule has 2 heterocycles. The van der Waals surface area contributed by atoms with Gasteiger partial charge in [-0.05, 0) is 42.5 Å². The molecule has 152 valence electrons. The van der Waals surface area contributed by atoms with Gasteiger partial charge in [-0.25, -0.2) is 4.98 Å². The molecule has 3 N–H and O–H groups in total. The number of para-hydroxylation sites is 1. The van der Waals surface area contributed by atoms with Crippen LogP contribution in [-0.4, -0.2) is 32.7 Å². The molecular formula is C23H29N5O. The highest BCUT2D eigenvalue weighted by Crippen LogP contribution is 2.28. The predicted octanol–water partition coefficient (Wildman–Crippen LogP) is 4.58. The number of aromatic nitrogens is 3.